The molecule has 9 heterocycles. The average Bonchev–Trinajstić information content (AvgIpc) is 4.05. The molecule has 2 N–H and O–H groups in total. The fourth-order valence-corrected chi connectivity index (χ4v) is 14.1. The monoisotopic (exact) mass is 1110 g/mol. The standard InChI is InChI=1S/C34H37F2N5O3.C27H38N4O3.C2H6O/c1-2-23-25(35)8-6-20-16-22(42)17-24(27(20)23)30-29(36)31-28-26(37-30)9-7-21-18-43-15-5-14-41(21)32(28)39-33(38-31)44-19-34-10-3-12-40(34)13-4-11-34;1-28-27(34)24(4-3-15-32)25-18-29(2)26-17-22(5-6-23(25)26)31-13-9-21(10-14-31)16-20-7-11-30(19-33)12-8-20;1-3-2/h6,8,16-17,21,42H,2-5,7,9-15,18-19H2,1H3;5-6,15,17-21,24H,3-4,7-14,16H2,1-2H3,(H,28,34);1-2H3. The van der Waals surface area contributed by atoms with Crippen molar-refractivity contribution in [2.45, 2.75) is 121 Å². The number of halogens is 2. The van der Waals surface area contributed by atoms with Crippen LogP contribution in [0.15, 0.2) is 48.7 Å². The van der Waals surface area contributed by atoms with Crippen LogP contribution in [0.5, 0.6) is 11.8 Å². The molecule has 12 rings (SSSR count). The number of aromatic hydroxyl groups is 1. The van der Waals surface area contributed by atoms with Crippen molar-refractivity contribution in [3.8, 4) is 23.0 Å². The molecular formula is C63H81F2N9O7. The molecule has 5 fully saturated rings. The first-order valence-electron chi connectivity index (χ1n) is 29.6. The Balaban J connectivity index is 0.000000179. The number of carbonyl (C=O) groups is 3. The zero-order valence-corrected chi connectivity index (χ0v) is 48.0. The summed E-state index contributed by atoms with van der Waals surface area (Å²) in [5.74, 6) is 0.783. The number of hydrogen-bond donors (Lipinski definition) is 2. The van der Waals surface area contributed by atoms with Crippen molar-refractivity contribution >= 4 is 62.7 Å². The Bertz CT molecular complexity index is 3200. The fraction of sp³-hybridized carbons (Fsp3) is 0.556. The Morgan fingerprint density at radius 3 is 2.36 bits per heavy atom. The SMILES string of the molecule is CCc1c(F)ccc2cc(O)cc(-c3nc4c5c(nc(OCC67CCCN6CCC7)nc5c3F)N3CCCOCC3CC4)c12.CNC(=O)C(CCC=O)c1cn(C)c2cc(N3CCC(CC4CCN(C=O)CC4)CC3)ccc12.COC. The van der Waals surface area contributed by atoms with Crippen molar-refractivity contribution in [1.29, 1.82) is 0 Å². The van der Waals surface area contributed by atoms with Crippen LogP contribution in [0.1, 0.15) is 113 Å². The average molecular weight is 1110 g/mol. The van der Waals surface area contributed by atoms with Gasteiger partial charge < -0.3 is 48.7 Å². The molecule has 2 atom stereocenters. The van der Waals surface area contributed by atoms with Crippen LogP contribution in [-0.2, 0) is 43.7 Å². The molecule has 2 amide bonds. The number of methoxy groups -OCH3 is 1. The number of carbonyl (C=O) groups excluding carboxylic acids is 3. The van der Waals surface area contributed by atoms with Crippen LogP contribution in [0.25, 0.3) is 43.8 Å². The lowest BCUT2D eigenvalue weighted by molar-refractivity contribution is -0.122. The summed E-state index contributed by atoms with van der Waals surface area (Å²) in [5, 5.41) is 16.3. The second kappa shape index (κ2) is 25.7. The summed E-state index contributed by atoms with van der Waals surface area (Å²) >= 11 is 0. The number of aryl methyl sites for hydroxylation is 3. The van der Waals surface area contributed by atoms with E-state index in [1.807, 2.05) is 25.1 Å². The van der Waals surface area contributed by atoms with Gasteiger partial charge in [0.15, 0.2) is 5.82 Å². The number of rotatable bonds is 14. The lowest BCUT2D eigenvalue weighted by Gasteiger charge is -2.37. The van der Waals surface area contributed by atoms with E-state index in [-0.39, 0.29) is 52.2 Å². The van der Waals surface area contributed by atoms with E-state index in [0.29, 0.717) is 84.3 Å². The Morgan fingerprint density at radius 2 is 1.65 bits per heavy atom. The second-order valence-corrected chi connectivity index (χ2v) is 23.2. The number of amides is 2. The van der Waals surface area contributed by atoms with Crippen LogP contribution in [0.3, 0.4) is 0 Å². The summed E-state index contributed by atoms with van der Waals surface area (Å²) in [4.78, 5) is 58.2. The Labute approximate surface area is 474 Å². The van der Waals surface area contributed by atoms with Crippen LogP contribution in [0.4, 0.5) is 20.3 Å². The molecule has 6 aromatic rings. The molecule has 16 nitrogen and oxygen atoms in total. The van der Waals surface area contributed by atoms with Gasteiger partial charge in [-0.05, 0) is 167 Å². The molecule has 0 bridgehead atoms. The van der Waals surface area contributed by atoms with Crippen molar-refractivity contribution in [2.24, 2.45) is 18.9 Å². The Kier molecular flexibility index (Phi) is 18.3. The summed E-state index contributed by atoms with van der Waals surface area (Å²) in [6, 6.07) is 12.9. The molecule has 0 radical (unpaired) electrons. The smallest absolute Gasteiger partial charge is 0.319 e. The first kappa shape index (κ1) is 57.7. The summed E-state index contributed by atoms with van der Waals surface area (Å²) in [7, 11) is 6.93. The van der Waals surface area contributed by atoms with Gasteiger partial charge >= 0.3 is 6.01 Å². The topological polar surface area (TPSA) is 168 Å². The summed E-state index contributed by atoms with van der Waals surface area (Å²) in [5.41, 5.74) is 5.03. The van der Waals surface area contributed by atoms with Crippen molar-refractivity contribution in [1.82, 2.24) is 34.6 Å². The van der Waals surface area contributed by atoms with Crippen LogP contribution < -0.4 is 19.9 Å². The van der Waals surface area contributed by atoms with Gasteiger partial charge in [0.25, 0.3) is 0 Å². The number of nitrogens with zero attached hydrogens (tertiary/aromatic N) is 8. The molecule has 6 aliphatic rings. The zero-order valence-electron chi connectivity index (χ0n) is 48.0. The van der Waals surface area contributed by atoms with Gasteiger partial charge in [0.1, 0.15) is 41.5 Å². The zero-order chi connectivity index (χ0) is 56.8. The largest absolute Gasteiger partial charge is 0.508 e. The van der Waals surface area contributed by atoms with Crippen LogP contribution in [-0.4, -0.2) is 152 Å². The van der Waals surface area contributed by atoms with E-state index in [2.05, 4.69) is 47.5 Å². The normalized spacial score (nSPS) is 19.7. The van der Waals surface area contributed by atoms with Crippen LogP contribution in [0.2, 0.25) is 0 Å². The van der Waals surface area contributed by atoms with Crippen molar-refractivity contribution < 1.29 is 42.5 Å². The van der Waals surface area contributed by atoms with E-state index in [4.69, 9.17) is 24.4 Å². The highest BCUT2D eigenvalue weighted by Crippen LogP contribution is 2.44. The minimum absolute atomic E-state index is 0.0143. The molecule has 3 aromatic carbocycles. The first-order chi connectivity index (χ1) is 39.4. The number of likely N-dealkylation sites (N-methyl/N-ethyl adjacent to an activating group) is 1. The molecule has 0 saturated carbocycles. The first-order valence-corrected chi connectivity index (χ1v) is 29.6. The maximum absolute atomic E-state index is 17.0. The lowest BCUT2D eigenvalue weighted by atomic mass is 9.83. The van der Waals surface area contributed by atoms with E-state index < -0.39 is 5.82 Å². The Hall–Kier alpha value is -6.50. The minimum atomic E-state index is -0.624. The number of phenolic OH excluding ortho intramolecular Hbond substituents is 1. The van der Waals surface area contributed by atoms with Gasteiger partial charge in [-0.25, -0.2) is 13.8 Å². The molecule has 0 spiro atoms. The molecular weight excluding hydrogens is 1030 g/mol. The van der Waals surface area contributed by atoms with Gasteiger partial charge in [-0.1, -0.05) is 19.1 Å². The number of aldehydes is 1. The van der Waals surface area contributed by atoms with Crippen molar-refractivity contribution in [2.75, 3.05) is 96.7 Å². The molecule has 434 valence electrons. The van der Waals surface area contributed by atoms with Crippen LogP contribution in [0, 0.1) is 23.5 Å². The Morgan fingerprint density at radius 1 is 0.914 bits per heavy atom. The van der Waals surface area contributed by atoms with Gasteiger partial charge in [-0.3, -0.25) is 14.5 Å². The maximum Gasteiger partial charge on any atom is 0.319 e. The molecule has 18 heteroatoms. The molecule has 3 aromatic heterocycles. The van der Waals surface area contributed by atoms with Gasteiger partial charge in [-0.15, -0.1) is 0 Å². The van der Waals surface area contributed by atoms with Gasteiger partial charge in [0.05, 0.1) is 40.7 Å². The third kappa shape index (κ3) is 12.1. The molecule has 6 aliphatic heterocycles. The lowest BCUT2D eigenvalue weighted by Crippen LogP contribution is -2.43. The van der Waals surface area contributed by atoms with E-state index in [1.54, 1.807) is 33.4 Å². The third-order valence-corrected chi connectivity index (χ3v) is 18.2. The predicted octanol–water partition coefficient (Wildman–Crippen LogP) is 9.66. The number of fused-ring (bicyclic) bond motifs is 5. The summed E-state index contributed by atoms with van der Waals surface area (Å²) < 4.78 is 50.8. The van der Waals surface area contributed by atoms with Crippen molar-refractivity contribution in [3.05, 3.63) is 77.1 Å². The number of anilines is 2. The maximum atomic E-state index is 17.0. The fourth-order valence-electron chi connectivity index (χ4n) is 14.1. The van der Waals surface area contributed by atoms with Gasteiger partial charge in [0, 0.05) is 96.9 Å². The van der Waals surface area contributed by atoms with E-state index >= 15 is 8.78 Å². The van der Waals surface area contributed by atoms with Gasteiger partial charge in [-0.2, -0.15) is 9.97 Å². The van der Waals surface area contributed by atoms with E-state index in [1.165, 1.54) is 37.1 Å². The molecule has 0 aliphatic carbocycles. The highest BCUT2D eigenvalue weighted by molar-refractivity contribution is 6.03. The number of aromatic nitrogens is 4. The second-order valence-electron chi connectivity index (χ2n) is 23.2. The number of pyridine rings is 1. The highest BCUT2D eigenvalue weighted by atomic mass is 19.1. The number of piperidine rings is 2. The number of hydrogen-bond acceptors (Lipinski definition) is 13. The molecule has 81 heavy (non-hydrogen) atoms. The number of benzene rings is 3. The highest BCUT2D eigenvalue weighted by Gasteiger charge is 2.45. The number of ether oxygens (including phenoxy) is 3. The molecule has 5 saturated heterocycles. The van der Waals surface area contributed by atoms with E-state index in [9.17, 15) is 19.5 Å². The number of likely N-dealkylation sites (tertiary alicyclic amines) is 1. The minimum Gasteiger partial charge on any atom is -0.508 e. The van der Waals surface area contributed by atoms with Crippen molar-refractivity contribution in [3.63, 3.8) is 0 Å². The summed E-state index contributed by atoms with van der Waals surface area (Å²) in [6.07, 6.45) is 17.9. The quantitative estimate of drug-likeness (QED) is 0.0991. The van der Waals surface area contributed by atoms with Gasteiger partial charge in [0.2, 0.25) is 12.3 Å². The number of phenols is 1. The number of nitrogens with one attached hydrogen (secondary N) is 1. The van der Waals surface area contributed by atoms with Crippen LogP contribution >= 0.6 is 0 Å². The molecule has 2 unspecified atom stereocenters. The third-order valence-electron chi connectivity index (χ3n) is 18.2. The summed E-state index contributed by atoms with van der Waals surface area (Å²) in [6.45, 7) is 10.4. The predicted molar refractivity (Wildman–Crippen MR) is 312 cm³/mol. The van der Waals surface area contributed by atoms with E-state index in [0.717, 1.165) is 138 Å².